The van der Waals surface area contributed by atoms with E-state index in [0.717, 1.165) is 11.1 Å². The van der Waals surface area contributed by atoms with Crippen LogP contribution in [0.5, 0.6) is 0 Å². The number of tetrazole rings is 1. The van der Waals surface area contributed by atoms with Crippen LogP contribution >= 0.6 is 0 Å². The van der Waals surface area contributed by atoms with Gasteiger partial charge < -0.3 is 4.42 Å². The zero-order chi connectivity index (χ0) is 24.9. The highest BCUT2D eigenvalue weighted by atomic mass is 19.1. The highest BCUT2D eigenvalue weighted by Gasteiger charge is 2.15. The summed E-state index contributed by atoms with van der Waals surface area (Å²) in [6.45, 7) is 0.376. The number of carbonyl (C=O) groups excluding carboxylic acids is 2. The summed E-state index contributed by atoms with van der Waals surface area (Å²) in [6, 6.07) is 25.2. The molecule has 0 atom stereocenters. The van der Waals surface area contributed by atoms with Crippen LogP contribution in [-0.2, 0) is 6.54 Å². The Morgan fingerprint density at radius 3 is 2.33 bits per heavy atom. The van der Waals surface area contributed by atoms with Gasteiger partial charge in [-0.3, -0.25) is 20.4 Å². The molecular weight excluding hydrogens is 463 g/mol. The van der Waals surface area contributed by atoms with E-state index in [-0.39, 0.29) is 17.1 Å². The van der Waals surface area contributed by atoms with Gasteiger partial charge in [0, 0.05) is 11.1 Å². The van der Waals surface area contributed by atoms with E-state index in [0.29, 0.717) is 17.9 Å². The van der Waals surface area contributed by atoms with Crippen molar-refractivity contribution >= 4 is 11.8 Å². The van der Waals surface area contributed by atoms with Gasteiger partial charge in [-0.05, 0) is 47.2 Å². The highest BCUT2D eigenvalue weighted by Crippen LogP contribution is 2.24. The van der Waals surface area contributed by atoms with Crippen molar-refractivity contribution in [1.29, 1.82) is 0 Å². The second kappa shape index (κ2) is 10.0. The first kappa shape index (κ1) is 22.7. The Bertz CT molecular complexity index is 1510. The summed E-state index contributed by atoms with van der Waals surface area (Å²) in [4.78, 5) is 26.2. The Labute approximate surface area is 204 Å². The molecule has 2 heterocycles. The lowest BCUT2D eigenvalue weighted by Crippen LogP contribution is -2.41. The van der Waals surface area contributed by atoms with E-state index in [1.165, 1.54) is 23.0 Å². The molecule has 0 aliphatic heterocycles. The summed E-state index contributed by atoms with van der Waals surface area (Å²) in [5.74, 6) is -0.987. The van der Waals surface area contributed by atoms with Crippen molar-refractivity contribution in [3.63, 3.8) is 0 Å². The molecule has 0 bridgehead atoms. The van der Waals surface area contributed by atoms with Crippen LogP contribution < -0.4 is 10.9 Å². The Morgan fingerprint density at radius 2 is 1.56 bits per heavy atom. The van der Waals surface area contributed by atoms with Crippen molar-refractivity contribution in [2.24, 2.45) is 0 Å². The van der Waals surface area contributed by atoms with Crippen molar-refractivity contribution in [1.82, 2.24) is 31.1 Å². The van der Waals surface area contributed by atoms with E-state index in [1.54, 1.807) is 42.5 Å². The first-order valence-electron chi connectivity index (χ1n) is 10.9. The quantitative estimate of drug-likeness (QED) is 0.355. The van der Waals surface area contributed by atoms with Gasteiger partial charge >= 0.3 is 5.91 Å². The SMILES string of the molecule is O=C(NNC(=O)c1ccc(-c2ccccc2F)o1)c1ccc(Cn2nnc(-c3ccccc3)n2)cc1. The molecule has 0 radical (unpaired) electrons. The van der Waals surface area contributed by atoms with Crippen LogP contribution in [0, 0.1) is 5.82 Å². The van der Waals surface area contributed by atoms with Crippen LogP contribution in [0.4, 0.5) is 4.39 Å². The third kappa shape index (κ3) is 5.02. The minimum Gasteiger partial charge on any atom is -0.451 e. The molecule has 178 valence electrons. The van der Waals surface area contributed by atoms with E-state index in [1.807, 2.05) is 30.3 Å². The number of nitrogens with one attached hydrogen (secondary N) is 2. The summed E-state index contributed by atoms with van der Waals surface area (Å²) < 4.78 is 19.4. The molecule has 3 aromatic carbocycles. The molecule has 10 heteroatoms. The molecule has 0 spiro atoms. The summed E-state index contributed by atoms with van der Waals surface area (Å²) >= 11 is 0. The lowest BCUT2D eigenvalue weighted by atomic mass is 10.1. The molecule has 2 amide bonds. The molecule has 2 aromatic heterocycles. The maximum Gasteiger partial charge on any atom is 0.305 e. The number of hydrogen-bond donors (Lipinski definition) is 2. The minimum absolute atomic E-state index is 0.0703. The summed E-state index contributed by atoms with van der Waals surface area (Å²) in [6.07, 6.45) is 0. The lowest BCUT2D eigenvalue weighted by molar-refractivity contribution is 0.0831. The zero-order valence-electron chi connectivity index (χ0n) is 18.8. The highest BCUT2D eigenvalue weighted by molar-refractivity contribution is 5.98. The van der Waals surface area contributed by atoms with Gasteiger partial charge in [0.25, 0.3) is 5.91 Å². The van der Waals surface area contributed by atoms with Crippen molar-refractivity contribution in [3.05, 3.63) is 114 Å². The number of aromatic nitrogens is 4. The fourth-order valence-corrected chi connectivity index (χ4v) is 3.45. The maximum atomic E-state index is 13.9. The number of hydrazine groups is 1. The van der Waals surface area contributed by atoms with Gasteiger partial charge in [-0.15, -0.1) is 10.2 Å². The van der Waals surface area contributed by atoms with Gasteiger partial charge in [0.2, 0.25) is 5.82 Å². The summed E-state index contributed by atoms with van der Waals surface area (Å²) in [7, 11) is 0. The molecular formula is C26H19FN6O3. The van der Waals surface area contributed by atoms with E-state index < -0.39 is 17.6 Å². The number of furan rings is 1. The number of amides is 2. The lowest BCUT2D eigenvalue weighted by Gasteiger charge is -2.07. The third-order valence-electron chi connectivity index (χ3n) is 5.28. The van der Waals surface area contributed by atoms with Crippen LogP contribution in [0.25, 0.3) is 22.7 Å². The normalized spacial score (nSPS) is 10.7. The zero-order valence-corrected chi connectivity index (χ0v) is 18.8. The smallest absolute Gasteiger partial charge is 0.305 e. The average molecular weight is 482 g/mol. The van der Waals surface area contributed by atoms with Gasteiger partial charge in [-0.2, -0.15) is 4.80 Å². The summed E-state index contributed by atoms with van der Waals surface area (Å²) in [5.41, 5.74) is 6.93. The van der Waals surface area contributed by atoms with Crippen LogP contribution in [0.15, 0.2) is 95.4 Å². The first-order chi connectivity index (χ1) is 17.6. The molecule has 0 aliphatic rings. The number of benzene rings is 3. The molecule has 0 aliphatic carbocycles. The van der Waals surface area contributed by atoms with Gasteiger partial charge in [0.15, 0.2) is 5.76 Å². The number of halogens is 1. The maximum absolute atomic E-state index is 13.9. The number of carbonyl (C=O) groups is 2. The van der Waals surface area contributed by atoms with Crippen molar-refractivity contribution in [2.75, 3.05) is 0 Å². The van der Waals surface area contributed by atoms with Gasteiger partial charge in [0.1, 0.15) is 11.6 Å². The Kier molecular flexibility index (Phi) is 6.31. The van der Waals surface area contributed by atoms with E-state index in [2.05, 4.69) is 26.3 Å². The standard InChI is InChI=1S/C26H19FN6O3/c27-21-9-5-4-8-20(21)22-14-15-23(36-22)26(35)30-29-25(34)19-12-10-17(11-13-19)16-33-31-24(28-32-33)18-6-2-1-3-7-18/h1-15H,16H2,(H,29,34)(H,30,35). The molecule has 0 saturated carbocycles. The summed E-state index contributed by atoms with van der Waals surface area (Å²) in [5, 5.41) is 12.5. The molecule has 2 N–H and O–H groups in total. The molecule has 0 unspecified atom stereocenters. The molecule has 0 fully saturated rings. The number of nitrogens with zero attached hydrogens (tertiary/aromatic N) is 4. The Balaban J connectivity index is 1.16. The minimum atomic E-state index is -0.672. The molecule has 9 nitrogen and oxygen atoms in total. The van der Waals surface area contributed by atoms with E-state index in [4.69, 9.17) is 4.42 Å². The Hall–Kier alpha value is -5.12. The third-order valence-corrected chi connectivity index (χ3v) is 5.28. The van der Waals surface area contributed by atoms with Crippen molar-refractivity contribution < 1.29 is 18.4 Å². The topological polar surface area (TPSA) is 115 Å². The van der Waals surface area contributed by atoms with Crippen LogP contribution in [0.3, 0.4) is 0 Å². The van der Waals surface area contributed by atoms with Crippen molar-refractivity contribution in [3.8, 4) is 22.7 Å². The van der Waals surface area contributed by atoms with Gasteiger partial charge in [0.05, 0.1) is 12.1 Å². The van der Waals surface area contributed by atoms with Gasteiger partial charge in [-0.25, -0.2) is 4.39 Å². The van der Waals surface area contributed by atoms with E-state index >= 15 is 0 Å². The van der Waals surface area contributed by atoms with E-state index in [9.17, 15) is 14.0 Å². The van der Waals surface area contributed by atoms with Crippen LogP contribution in [0.2, 0.25) is 0 Å². The van der Waals surface area contributed by atoms with Crippen LogP contribution in [0.1, 0.15) is 26.5 Å². The fraction of sp³-hybridized carbons (Fsp3) is 0.0385. The van der Waals surface area contributed by atoms with Gasteiger partial charge in [-0.1, -0.05) is 54.6 Å². The largest absolute Gasteiger partial charge is 0.451 e. The fourth-order valence-electron chi connectivity index (χ4n) is 3.45. The molecule has 0 saturated heterocycles. The Morgan fingerprint density at radius 1 is 0.833 bits per heavy atom. The first-order valence-corrected chi connectivity index (χ1v) is 10.9. The predicted octanol–water partition coefficient (Wildman–Crippen LogP) is 3.86. The molecule has 5 aromatic rings. The number of rotatable bonds is 6. The monoisotopic (exact) mass is 482 g/mol. The second-order valence-electron chi connectivity index (χ2n) is 7.76. The predicted molar refractivity (Wildman–Crippen MR) is 128 cm³/mol. The van der Waals surface area contributed by atoms with Crippen molar-refractivity contribution in [2.45, 2.75) is 6.54 Å². The molecule has 36 heavy (non-hydrogen) atoms. The van der Waals surface area contributed by atoms with Crippen LogP contribution in [-0.4, -0.2) is 32.0 Å². The average Bonchev–Trinajstić information content (AvgIpc) is 3.59. The number of hydrogen-bond acceptors (Lipinski definition) is 6. The molecule has 5 rings (SSSR count). The second-order valence-corrected chi connectivity index (χ2v) is 7.76.